The molecule has 0 atom stereocenters. The van der Waals surface area contributed by atoms with Gasteiger partial charge in [-0.25, -0.2) is 0 Å². The average Bonchev–Trinajstić information content (AvgIpc) is 2.28. The topological polar surface area (TPSA) is 52.6 Å². The van der Waals surface area contributed by atoms with Gasteiger partial charge in [0.2, 0.25) is 5.91 Å². The van der Waals surface area contributed by atoms with E-state index in [0.29, 0.717) is 13.1 Å². The molecule has 2 N–H and O–H groups in total. The van der Waals surface area contributed by atoms with Gasteiger partial charge in [0.1, 0.15) is 0 Å². The van der Waals surface area contributed by atoms with Gasteiger partial charge in [0.15, 0.2) is 0 Å². The van der Waals surface area contributed by atoms with Crippen molar-refractivity contribution in [2.24, 2.45) is 0 Å². The summed E-state index contributed by atoms with van der Waals surface area (Å²) in [7, 11) is 0. The lowest BCUT2D eigenvalue weighted by molar-refractivity contribution is -0.120. The standard InChI is InChI=1S/C11H13BrN2O2/c12-9-1-2-10(8(5-9)7-15)14-4-3-13-11(16)6-14/h1-2,5,15H,3-4,6-7H2,(H,13,16). The normalized spacial score (nSPS) is 16.1. The van der Waals surface area contributed by atoms with Crippen LogP contribution in [0.3, 0.4) is 0 Å². The first-order valence-electron chi connectivity index (χ1n) is 5.11. The van der Waals surface area contributed by atoms with Crippen LogP contribution in [0.5, 0.6) is 0 Å². The number of hydrogen-bond acceptors (Lipinski definition) is 3. The molecule has 0 bridgehead atoms. The molecule has 0 unspecified atom stereocenters. The summed E-state index contributed by atoms with van der Waals surface area (Å²) in [5.74, 6) is 0.0260. The first kappa shape index (κ1) is 11.4. The lowest BCUT2D eigenvalue weighted by Gasteiger charge is -2.30. The van der Waals surface area contributed by atoms with Gasteiger partial charge < -0.3 is 15.3 Å². The van der Waals surface area contributed by atoms with Gasteiger partial charge in [-0.2, -0.15) is 0 Å². The van der Waals surface area contributed by atoms with Crippen molar-refractivity contribution in [3.8, 4) is 0 Å². The molecule has 0 radical (unpaired) electrons. The van der Waals surface area contributed by atoms with Crippen LogP contribution in [-0.4, -0.2) is 30.6 Å². The number of benzene rings is 1. The number of rotatable bonds is 2. The molecule has 1 aliphatic heterocycles. The lowest BCUT2D eigenvalue weighted by Crippen LogP contribution is -2.48. The smallest absolute Gasteiger partial charge is 0.239 e. The van der Waals surface area contributed by atoms with Crippen molar-refractivity contribution in [1.29, 1.82) is 0 Å². The number of piperazine rings is 1. The molecular formula is C11H13BrN2O2. The minimum Gasteiger partial charge on any atom is -0.392 e. The monoisotopic (exact) mass is 284 g/mol. The molecule has 0 spiro atoms. The Kier molecular flexibility index (Phi) is 3.46. The fourth-order valence-corrected chi connectivity index (χ4v) is 2.24. The molecule has 1 aromatic carbocycles. The molecule has 16 heavy (non-hydrogen) atoms. The highest BCUT2D eigenvalue weighted by Crippen LogP contribution is 2.25. The van der Waals surface area contributed by atoms with E-state index in [4.69, 9.17) is 0 Å². The zero-order chi connectivity index (χ0) is 11.5. The van der Waals surface area contributed by atoms with E-state index in [1.54, 1.807) is 0 Å². The second-order valence-corrected chi connectivity index (χ2v) is 4.62. The minimum atomic E-state index is -0.0209. The second kappa shape index (κ2) is 4.84. The van der Waals surface area contributed by atoms with Crippen LogP contribution in [-0.2, 0) is 11.4 Å². The molecule has 1 amide bonds. The average molecular weight is 285 g/mol. The van der Waals surface area contributed by atoms with Crippen molar-refractivity contribution in [3.05, 3.63) is 28.2 Å². The van der Waals surface area contributed by atoms with Crippen LogP contribution in [0, 0.1) is 0 Å². The van der Waals surface area contributed by atoms with E-state index in [9.17, 15) is 9.90 Å². The van der Waals surface area contributed by atoms with Crippen LogP contribution < -0.4 is 10.2 Å². The Hall–Kier alpha value is -1.07. The number of aliphatic hydroxyl groups is 1. The van der Waals surface area contributed by atoms with Crippen LogP contribution in [0.25, 0.3) is 0 Å². The third-order valence-electron chi connectivity index (χ3n) is 2.59. The van der Waals surface area contributed by atoms with Crippen LogP contribution >= 0.6 is 15.9 Å². The summed E-state index contributed by atoms with van der Waals surface area (Å²) >= 11 is 3.36. The van der Waals surface area contributed by atoms with Crippen molar-refractivity contribution in [3.63, 3.8) is 0 Å². The molecule has 2 rings (SSSR count). The van der Waals surface area contributed by atoms with Crippen LogP contribution in [0.15, 0.2) is 22.7 Å². The van der Waals surface area contributed by atoms with Crippen molar-refractivity contribution >= 4 is 27.5 Å². The van der Waals surface area contributed by atoms with Crippen LogP contribution in [0.2, 0.25) is 0 Å². The highest BCUT2D eigenvalue weighted by atomic mass is 79.9. The number of nitrogens with one attached hydrogen (secondary N) is 1. The highest BCUT2D eigenvalue weighted by Gasteiger charge is 2.18. The summed E-state index contributed by atoms with van der Waals surface area (Å²) in [6.45, 7) is 1.77. The second-order valence-electron chi connectivity index (χ2n) is 3.70. The van der Waals surface area contributed by atoms with Gasteiger partial charge in [0.25, 0.3) is 0 Å². The number of hydrogen-bond donors (Lipinski definition) is 2. The molecule has 1 saturated heterocycles. The maximum absolute atomic E-state index is 11.3. The largest absolute Gasteiger partial charge is 0.392 e. The number of aliphatic hydroxyl groups excluding tert-OH is 1. The van der Waals surface area contributed by atoms with Crippen molar-refractivity contribution in [2.75, 3.05) is 24.5 Å². The molecule has 5 heteroatoms. The van der Waals surface area contributed by atoms with E-state index in [1.165, 1.54) is 0 Å². The SMILES string of the molecule is O=C1CN(c2ccc(Br)cc2CO)CCN1. The van der Waals surface area contributed by atoms with Crippen molar-refractivity contribution in [2.45, 2.75) is 6.61 Å². The first-order chi connectivity index (χ1) is 7.70. The predicted octanol–water partition coefficient (Wildman–Crippen LogP) is 0.878. The van der Waals surface area contributed by atoms with E-state index in [0.717, 1.165) is 22.3 Å². The summed E-state index contributed by atoms with van der Waals surface area (Å²) < 4.78 is 0.932. The van der Waals surface area contributed by atoms with E-state index in [1.807, 2.05) is 23.1 Å². The Labute approximate surface area is 102 Å². The van der Waals surface area contributed by atoms with E-state index < -0.39 is 0 Å². The molecule has 1 fully saturated rings. The van der Waals surface area contributed by atoms with Crippen LogP contribution in [0.1, 0.15) is 5.56 Å². The van der Waals surface area contributed by atoms with Gasteiger partial charge in [-0.3, -0.25) is 4.79 Å². The number of amides is 1. The molecule has 1 aliphatic rings. The number of carbonyl (C=O) groups is 1. The molecular weight excluding hydrogens is 272 g/mol. The summed E-state index contributed by atoms with van der Waals surface area (Å²) in [4.78, 5) is 13.3. The fraction of sp³-hybridized carbons (Fsp3) is 0.364. The number of nitrogens with zero attached hydrogens (tertiary/aromatic N) is 1. The summed E-state index contributed by atoms with van der Waals surface area (Å²) in [5, 5.41) is 12.1. The van der Waals surface area contributed by atoms with E-state index in [2.05, 4.69) is 21.2 Å². The Morgan fingerprint density at radius 1 is 1.50 bits per heavy atom. The lowest BCUT2D eigenvalue weighted by atomic mass is 10.1. The molecule has 0 aliphatic carbocycles. The zero-order valence-corrected chi connectivity index (χ0v) is 10.3. The van der Waals surface area contributed by atoms with Gasteiger partial charge in [-0.15, -0.1) is 0 Å². The number of halogens is 1. The van der Waals surface area contributed by atoms with Gasteiger partial charge in [-0.05, 0) is 18.2 Å². The Morgan fingerprint density at radius 3 is 3.00 bits per heavy atom. The Morgan fingerprint density at radius 2 is 2.31 bits per heavy atom. The fourth-order valence-electron chi connectivity index (χ4n) is 1.83. The van der Waals surface area contributed by atoms with Crippen molar-refractivity contribution < 1.29 is 9.90 Å². The first-order valence-corrected chi connectivity index (χ1v) is 5.91. The highest BCUT2D eigenvalue weighted by molar-refractivity contribution is 9.10. The quantitative estimate of drug-likeness (QED) is 0.848. The summed E-state index contributed by atoms with van der Waals surface area (Å²) in [5.41, 5.74) is 1.77. The molecule has 0 saturated carbocycles. The molecule has 1 heterocycles. The Balaban J connectivity index is 2.28. The minimum absolute atomic E-state index is 0.0209. The maximum Gasteiger partial charge on any atom is 0.239 e. The summed E-state index contributed by atoms with van der Waals surface area (Å²) in [6.07, 6.45) is 0. The summed E-state index contributed by atoms with van der Waals surface area (Å²) in [6, 6.07) is 5.72. The van der Waals surface area contributed by atoms with E-state index in [-0.39, 0.29) is 12.5 Å². The molecule has 4 nitrogen and oxygen atoms in total. The maximum atomic E-state index is 11.3. The van der Waals surface area contributed by atoms with Gasteiger partial charge in [0.05, 0.1) is 13.2 Å². The van der Waals surface area contributed by atoms with Gasteiger partial charge in [0, 0.05) is 28.8 Å². The van der Waals surface area contributed by atoms with Gasteiger partial charge >= 0.3 is 0 Å². The van der Waals surface area contributed by atoms with E-state index >= 15 is 0 Å². The molecule has 0 aromatic heterocycles. The van der Waals surface area contributed by atoms with Crippen LogP contribution in [0.4, 0.5) is 5.69 Å². The number of anilines is 1. The molecule has 86 valence electrons. The molecule has 1 aromatic rings. The third-order valence-corrected chi connectivity index (χ3v) is 3.08. The predicted molar refractivity (Wildman–Crippen MR) is 65.3 cm³/mol. The number of carbonyl (C=O) groups excluding carboxylic acids is 1. The zero-order valence-electron chi connectivity index (χ0n) is 8.74. The van der Waals surface area contributed by atoms with Gasteiger partial charge in [-0.1, -0.05) is 15.9 Å². The van der Waals surface area contributed by atoms with Crippen molar-refractivity contribution in [1.82, 2.24) is 5.32 Å². The Bertz CT molecular complexity index is 409. The third kappa shape index (κ3) is 2.36.